The molecule has 21 heavy (non-hydrogen) atoms. The van der Waals surface area contributed by atoms with Crippen molar-refractivity contribution >= 4 is 29.9 Å². The van der Waals surface area contributed by atoms with Gasteiger partial charge in [-0.15, -0.1) is 12.4 Å². The average molecular weight is 337 g/mol. The van der Waals surface area contributed by atoms with E-state index in [4.69, 9.17) is 17.3 Å². The number of aliphatic hydroxyl groups is 1. The number of rotatable bonds is 3. The molecule has 0 aromatic heterocycles. The predicted molar refractivity (Wildman–Crippen MR) is 81.8 cm³/mol. The molecule has 1 aliphatic rings. The van der Waals surface area contributed by atoms with E-state index in [-0.39, 0.29) is 35.3 Å². The maximum Gasteiger partial charge on any atom is 0.223 e. The van der Waals surface area contributed by atoms with Gasteiger partial charge in [-0.2, -0.15) is 0 Å². The second kappa shape index (κ2) is 7.94. The first-order valence-corrected chi connectivity index (χ1v) is 7.00. The van der Waals surface area contributed by atoms with Crippen LogP contribution in [0.4, 0.5) is 4.39 Å². The van der Waals surface area contributed by atoms with Crippen LogP contribution >= 0.6 is 24.0 Å². The molecule has 1 saturated carbocycles. The zero-order chi connectivity index (χ0) is 14.7. The molecule has 0 saturated heterocycles. The number of halogens is 3. The normalized spacial score (nSPS) is 25.0. The van der Waals surface area contributed by atoms with Gasteiger partial charge in [0.05, 0.1) is 11.1 Å². The number of nitrogens with one attached hydrogen (secondary N) is 1. The Bertz CT molecular complexity index is 502. The molecule has 118 valence electrons. The lowest BCUT2D eigenvalue weighted by Gasteiger charge is -2.30. The van der Waals surface area contributed by atoms with Gasteiger partial charge in [0.1, 0.15) is 5.82 Å². The largest absolute Gasteiger partial charge is 0.392 e. The predicted octanol–water partition coefficient (Wildman–Crippen LogP) is 2.01. The first kappa shape index (κ1) is 18.2. The van der Waals surface area contributed by atoms with Crippen LogP contribution in [0.2, 0.25) is 5.02 Å². The molecule has 0 bridgehead atoms. The molecule has 1 aliphatic carbocycles. The van der Waals surface area contributed by atoms with Crippen molar-refractivity contribution in [3.63, 3.8) is 0 Å². The van der Waals surface area contributed by atoms with E-state index >= 15 is 0 Å². The Labute approximate surface area is 134 Å². The van der Waals surface area contributed by atoms with Crippen LogP contribution in [-0.2, 0) is 11.3 Å². The summed E-state index contributed by atoms with van der Waals surface area (Å²) in [5.74, 6) is -0.744. The van der Waals surface area contributed by atoms with Crippen molar-refractivity contribution in [2.75, 3.05) is 0 Å². The van der Waals surface area contributed by atoms with E-state index in [0.717, 1.165) is 5.56 Å². The lowest BCUT2D eigenvalue weighted by molar-refractivity contribution is -0.127. The second-order valence-electron chi connectivity index (χ2n) is 5.21. The molecule has 0 unspecified atom stereocenters. The smallest absolute Gasteiger partial charge is 0.223 e. The van der Waals surface area contributed by atoms with Crippen molar-refractivity contribution in [3.05, 3.63) is 34.6 Å². The van der Waals surface area contributed by atoms with Crippen LogP contribution in [0.5, 0.6) is 0 Å². The number of carbonyl (C=O) groups excluding carboxylic acids is 1. The van der Waals surface area contributed by atoms with Crippen molar-refractivity contribution in [1.29, 1.82) is 0 Å². The number of carbonyl (C=O) groups is 1. The minimum atomic E-state index is -0.519. The molecule has 0 radical (unpaired) electrons. The summed E-state index contributed by atoms with van der Waals surface area (Å²) in [6.07, 6.45) is 1.14. The number of hydrogen-bond donors (Lipinski definition) is 3. The van der Waals surface area contributed by atoms with Crippen LogP contribution in [0.3, 0.4) is 0 Å². The van der Waals surface area contributed by atoms with Crippen molar-refractivity contribution in [2.24, 2.45) is 11.7 Å². The fourth-order valence-corrected chi connectivity index (χ4v) is 2.61. The molecule has 1 aromatic rings. The van der Waals surface area contributed by atoms with Gasteiger partial charge in [-0.05, 0) is 37.0 Å². The van der Waals surface area contributed by atoms with Gasteiger partial charge in [0.25, 0.3) is 0 Å². The van der Waals surface area contributed by atoms with Crippen LogP contribution < -0.4 is 11.1 Å². The number of benzene rings is 1. The minimum Gasteiger partial charge on any atom is -0.392 e. The number of amides is 1. The highest BCUT2D eigenvalue weighted by atomic mass is 35.5. The summed E-state index contributed by atoms with van der Waals surface area (Å²) in [4.78, 5) is 12.0. The third-order valence-electron chi connectivity index (χ3n) is 3.68. The number of nitrogens with two attached hydrogens (primary N) is 1. The Kier molecular flexibility index (Phi) is 6.87. The molecular formula is C14H19Cl2FN2O2. The highest BCUT2D eigenvalue weighted by molar-refractivity contribution is 6.30. The molecule has 2 rings (SSSR count). The quantitative estimate of drug-likeness (QED) is 0.790. The van der Waals surface area contributed by atoms with Gasteiger partial charge >= 0.3 is 0 Å². The minimum absolute atomic E-state index is 0. The lowest BCUT2D eigenvalue weighted by Crippen LogP contribution is -2.44. The maximum atomic E-state index is 13.0. The van der Waals surface area contributed by atoms with Crippen LogP contribution in [0.25, 0.3) is 0 Å². The fraction of sp³-hybridized carbons (Fsp3) is 0.500. The Morgan fingerprint density at radius 1 is 1.48 bits per heavy atom. The summed E-state index contributed by atoms with van der Waals surface area (Å²) in [6, 6.07) is 4.00. The molecule has 3 atom stereocenters. The summed E-state index contributed by atoms with van der Waals surface area (Å²) in [5.41, 5.74) is 6.50. The van der Waals surface area contributed by atoms with Crippen molar-refractivity contribution in [2.45, 2.75) is 38.0 Å². The van der Waals surface area contributed by atoms with Crippen LogP contribution in [0.1, 0.15) is 24.8 Å². The average Bonchev–Trinajstić information content (AvgIpc) is 2.43. The first-order chi connectivity index (χ1) is 9.47. The van der Waals surface area contributed by atoms with Crippen molar-refractivity contribution in [1.82, 2.24) is 5.32 Å². The maximum absolute atomic E-state index is 13.0. The van der Waals surface area contributed by atoms with Gasteiger partial charge in [-0.25, -0.2) is 4.39 Å². The fourth-order valence-electron chi connectivity index (χ4n) is 2.41. The highest BCUT2D eigenvalue weighted by Gasteiger charge is 2.30. The zero-order valence-corrected chi connectivity index (χ0v) is 13.0. The molecule has 1 aromatic carbocycles. The van der Waals surface area contributed by atoms with Crippen molar-refractivity contribution < 1.29 is 14.3 Å². The Hall–Kier alpha value is -0.880. The van der Waals surface area contributed by atoms with Crippen LogP contribution in [-0.4, -0.2) is 23.2 Å². The van der Waals surface area contributed by atoms with E-state index < -0.39 is 11.9 Å². The molecule has 1 fully saturated rings. The van der Waals surface area contributed by atoms with Gasteiger partial charge in [0.2, 0.25) is 5.91 Å². The van der Waals surface area contributed by atoms with Crippen LogP contribution in [0.15, 0.2) is 18.2 Å². The van der Waals surface area contributed by atoms with E-state index in [1.165, 1.54) is 12.1 Å². The molecule has 1 amide bonds. The number of aliphatic hydroxyl groups excluding tert-OH is 1. The van der Waals surface area contributed by atoms with E-state index in [0.29, 0.717) is 25.8 Å². The van der Waals surface area contributed by atoms with Gasteiger partial charge in [-0.1, -0.05) is 17.7 Å². The topological polar surface area (TPSA) is 75.4 Å². The molecule has 7 heteroatoms. The standard InChI is InChI=1S/C14H18ClFN2O2.ClH/c15-10-5-8(1-3-11(10)16)7-18-14(20)9-2-4-13(19)12(17)6-9;/h1,3,5,9,12-13,19H,2,4,6-7,17H2,(H,18,20);1H/t9-,12+,13+;/m0./s1. The molecule has 0 spiro atoms. The molecule has 4 nitrogen and oxygen atoms in total. The summed E-state index contributed by atoms with van der Waals surface area (Å²) in [6.45, 7) is 0.299. The zero-order valence-electron chi connectivity index (χ0n) is 11.4. The summed E-state index contributed by atoms with van der Waals surface area (Å²) in [7, 11) is 0. The molecule has 4 N–H and O–H groups in total. The summed E-state index contributed by atoms with van der Waals surface area (Å²) >= 11 is 5.68. The monoisotopic (exact) mass is 336 g/mol. The van der Waals surface area contributed by atoms with Crippen molar-refractivity contribution in [3.8, 4) is 0 Å². The van der Waals surface area contributed by atoms with Crippen LogP contribution in [0, 0.1) is 11.7 Å². The van der Waals surface area contributed by atoms with E-state index in [1.54, 1.807) is 6.07 Å². The van der Waals surface area contributed by atoms with Gasteiger partial charge in [-0.3, -0.25) is 4.79 Å². The second-order valence-corrected chi connectivity index (χ2v) is 5.61. The van der Waals surface area contributed by atoms with Gasteiger partial charge < -0.3 is 16.2 Å². The summed E-state index contributed by atoms with van der Waals surface area (Å²) in [5, 5.41) is 12.4. The van der Waals surface area contributed by atoms with E-state index in [2.05, 4.69) is 5.32 Å². The first-order valence-electron chi connectivity index (χ1n) is 6.62. The van der Waals surface area contributed by atoms with Gasteiger partial charge in [0, 0.05) is 18.5 Å². The third-order valence-corrected chi connectivity index (χ3v) is 3.97. The van der Waals surface area contributed by atoms with E-state index in [1.807, 2.05) is 0 Å². The SMILES string of the molecule is Cl.N[C@@H]1C[C@@H](C(=O)NCc2ccc(F)c(Cl)c2)CC[C@H]1O. The Morgan fingerprint density at radius 2 is 2.19 bits per heavy atom. The Balaban J connectivity index is 0.00000220. The molecule has 0 aliphatic heterocycles. The third kappa shape index (κ3) is 4.81. The highest BCUT2D eigenvalue weighted by Crippen LogP contribution is 2.24. The number of hydrogen-bond acceptors (Lipinski definition) is 3. The molecular weight excluding hydrogens is 318 g/mol. The van der Waals surface area contributed by atoms with Gasteiger partial charge in [0.15, 0.2) is 0 Å². The lowest BCUT2D eigenvalue weighted by atomic mass is 9.83. The Morgan fingerprint density at radius 3 is 2.81 bits per heavy atom. The summed E-state index contributed by atoms with van der Waals surface area (Å²) < 4.78 is 13.0. The molecule has 0 heterocycles. The van der Waals surface area contributed by atoms with E-state index in [9.17, 15) is 14.3 Å².